The first-order valence-electron chi connectivity index (χ1n) is 8.74. The molecule has 0 amide bonds. The first kappa shape index (κ1) is 16.5. The van der Waals surface area contributed by atoms with E-state index >= 15 is 0 Å². The van der Waals surface area contributed by atoms with Gasteiger partial charge in [-0.05, 0) is 42.2 Å². The molecule has 132 valence electrons. The summed E-state index contributed by atoms with van der Waals surface area (Å²) in [4.78, 5) is 28.8. The molecular weight excluding hydrogens is 330 g/mol. The van der Waals surface area contributed by atoms with Gasteiger partial charge in [-0.3, -0.25) is 14.6 Å². The lowest BCUT2D eigenvalue weighted by molar-refractivity contribution is -0.136. The average Bonchev–Trinajstić information content (AvgIpc) is 2.91. The van der Waals surface area contributed by atoms with Crippen LogP contribution in [0, 0.1) is 5.92 Å². The van der Waals surface area contributed by atoms with Crippen molar-refractivity contribution >= 4 is 17.8 Å². The largest absolute Gasteiger partial charge is 0.452 e. The number of ketones is 1. The summed E-state index contributed by atoms with van der Waals surface area (Å²) in [6.07, 6.45) is 6.17. The SMILES string of the molecule is CC(C)C[C@H]1CC(=O)Oc2ccc3c(c21)O/C(=C\c1cccnc1)C3=O. The Bertz CT molecular complexity index is 915. The van der Waals surface area contributed by atoms with E-state index in [9.17, 15) is 9.59 Å². The van der Waals surface area contributed by atoms with Gasteiger partial charge in [-0.2, -0.15) is 0 Å². The zero-order valence-corrected chi connectivity index (χ0v) is 14.7. The van der Waals surface area contributed by atoms with Crippen molar-refractivity contribution in [3.63, 3.8) is 0 Å². The maximum absolute atomic E-state index is 12.8. The molecule has 2 aliphatic rings. The van der Waals surface area contributed by atoms with Crippen LogP contribution >= 0.6 is 0 Å². The maximum Gasteiger partial charge on any atom is 0.311 e. The molecular formula is C21H19NO4. The quantitative estimate of drug-likeness (QED) is 0.473. The number of aromatic nitrogens is 1. The Morgan fingerprint density at radius 2 is 2.08 bits per heavy atom. The Morgan fingerprint density at radius 3 is 2.81 bits per heavy atom. The molecule has 0 aliphatic carbocycles. The van der Waals surface area contributed by atoms with E-state index in [0.717, 1.165) is 17.5 Å². The average molecular weight is 349 g/mol. The highest BCUT2D eigenvalue weighted by Gasteiger charge is 2.37. The Hall–Kier alpha value is -2.95. The van der Waals surface area contributed by atoms with Gasteiger partial charge in [0, 0.05) is 23.9 Å². The fraction of sp³-hybridized carbons (Fsp3) is 0.286. The lowest BCUT2D eigenvalue weighted by Crippen LogP contribution is -2.21. The molecule has 2 aliphatic heterocycles. The molecule has 0 spiro atoms. The number of nitrogens with zero attached hydrogens (tertiary/aromatic N) is 1. The van der Waals surface area contributed by atoms with Crippen LogP contribution in [-0.4, -0.2) is 16.7 Å². The number of hydrogen-bond donors (Lipinski definition) is 0. The lowest BCUT2D eigenvalue weighted by atomic mass is 9.84. The van der Waals surface area contributed by atoms with Crippen LogP contribution in [0.1, 0.15) is 54.1 Å². The van der Waals surface area contributed by atoms with Crippen molar-refractivity contribution in [2.75, 3.05) is 0 Å². The van der Waals surface area contributed by atoms with Gasteiger partial charge in [-0.1, -0.05) is 19.9 Å². The number of esters is 1. The highest BCUT2D eigenvalue weighted by atomic mass is 16.5. The minimum atomic E-state index is -0.237. The highest BCUT2D eigenvalue weighted by molar-refractivity contribution is 6.15. The molecule has 0 fully saturated rings. The number of fused-ring (bicyclic) bond motifs is 3. The third-order valence-corrected chi connectivity index (χ3v) is 4.62. The molecule has 0 radical (unpaired) electrons. The number of ether oxygens (including phenoxy) is 2. The van der Waals surface area contributed by atoms with E-state index in [0.29, 0.717) is 29.4 Å². The topological polar surface area (TPSA) is 65.5 Å². The molecule has 1 atom stereocenters. The molecule has 5 heteroatoms. The van der Waals surface area contributed by atoms with Gasteiger partial charge in [0.05, 0.1) is 12.0 Å². The van der Waals surface area contributed by atoms with Crippen LogP contribution in [0.4, 0.5) is 0 Å². The minimum Gasteiger partial charge on any atom is -0.452 e. The van der Waals surface area contributed by atoms with E-state index in [-0.39, 0.29) is 23.4 Å². The summed E-state index contributed by atoms with van der Waals surface area (Å²) >= 11 is 0. The second kappa shape index (κ2) is 6.41. The lowest BCUT2D eigenvalue weighted by Gasteiger charge is -2.27. The number of allylic oxidation sites excluding steroid dienone is 1. The summed E-state index contributed by atoms with van der Waals surface area (Å²) < 4.78 is 11.4. The second-order valence-corrected chi connectivity index (χ2v) is 7.08. The van der Waals surface area contributed by atoms with Gasteiger partial charge in [0.15, 0.2) is 5.76 Å². The molecule has 2 aromatic rings. The molecule has 26 heavy (non-hydrogen) atoms. The van der Waals surface area contributed by atoms with E-state index < -0.39 is 0 Å². The van der Waals surface area contributed by atoms with Gasteiger partial charge in [0.2, 0.25) is 5.78 Å². The number of pyridine rings is 1. The van der Waals surface area contributed by atoms with Gasteiger partial charge < -0.3 is 9.47 Å². The van der Waals surface area contributed by atoms with Crippen LogP contribution in [0.15, 0.2) is 42.4 Å². The zero-order chi connectivity index (χ0) is 18.3. The van der Waals surface area contributed by atoms with Gasteiger partial charge in [-0.25, -0.2) is 0 Å². The highest BCUT2D eigenvalue weighted by Crippen LogP contribution is 2.48. The molecule has 0 saturated carbocycles. The van der Waals surface area contributed by atoms with Crippen molar-refractivity contribution < 1.29 is 19.1 Å². The third-order valence-electron chi connectivity index (χ3n) is 4.62. The van der Waals surface area contributed by atoms with Crippen LogP contribution in [0.3, 0.4) is 0 Å². The standard InChI is InChI=1S/C21H19NO4/c1-12(2)8-14-10-18(23)25-16-6-5-15-20(24)17(26-21(15)19(14)16)9-13-4-3-7-22-11-13/h3-7,9,11-12,14H,8,10H2,1-2H3/b17-9-/t14-/m0/s1. The van der Waals surface area contributed by atoms with E-state index in [4.69, 9.17) is 9.47 Å². The predicted octanol–water partition coefficient (Wildman–Crippen LogP) is 4.14. The summed E-state index contributed by atoms with van der Waals surface area (Å²) in [7, 11) is 0. The molecule has 4 rings (SSSR count). The Labute approximate surface area is 151 Å². The van der Waals surface area contributed by atoms with Gasteiger partial charge in [-0.15, -0.1) is 0 Å². The molecule has 3 heterocycles. The summed E-state index contributed by atoms with van der Waals surface area (Å²) in [5.41, 5.74) is 2.15. The van der Waals surface area contributed by atoms with Crippen molar-refractivity contribution in [2.24, 2.45) is 5.92 Å². The first-order valence-corrected chi connectivity index (χ1v) is 8.74. The minimum absolute atomic E-state index is 0.00765. The first-order chi connectivity index (χ1) is 12.5. The zero-order valence-electron chi connectivity index (χ0n) is 14.7. The number of Topliss-reactive ketones (excluding diaryl/α,β-unsaturated/α-hetero) is 1. The molecule has 0 saturated heterocycles. The monoisotopic (exact) mass is 349 g/mol. The molecule has 1 aromatic carbocycles. The summed E-state index contributed by atoms with van der Waals surface area (Å²) in [5, 5.41) is 0. The smallest absolute Gasteiger partial charge is 0.311 e. The number of benzene rings is 1. The normalized spacial score (nSPS) is 20.0. The number of carbonyl (C=O) groups excluding carboxylic acids is 2. The summed E-state index contributed by atoms with van der Waals surface area (Å²) in [6.45, 7) is 4.23. The van der Waals surface area contributed by atoms with Crippen molar-refractivity contribution in [1.29, 1.82) is 0 Å². The van der Waals surface area contributed by atoms with Crippen molar-refractivity contribution in [3.05, 3.63) is 59.1 Å². The second-order valence-electron chi connectivity index (χ2n) is 7.08. The van der Waals surface area contributed by atoms with Gasteiger partial charge >= 0.3 is 5.97 Å². The summed E-state index contributed by atoms with van der Waals surface area (Å²) in [6, 6.07) is 7.04. The van der Waals surface area contributed by atoms with E-state index in [1.54, 1.807) is 36.7 Å². The fourth-order valence-corrected chi connectivity index (χ4v) is 3.58. The molecule has 5 nitrogen and oxygen atoms in total. The molecule has 1 aromatic heterocycles. The molecule has 0 bridgehead atoms. The van der Waals surface area contributed by atoms with Crippen molar-refractivity contribution in [1.82, 2.24) is 4.98 Å². The van der Waals surface area contributed by atoms with E-state index in [2.05, 4.69) is 18.8 Å². The van der Waals surface area contributed by atoms with Crippen molar-refractivity contribution in [2.45, 2.75) is 32.6 Å². The predicted molar refractivity (Wildman–Crippen MR) is 96.1 cm³/mol. The Kier molecular flexibility index (Phi) is 4.07. The van der Waals surface area contributed by atoms with Crippen LogP contribution in [0.2, 0.25) is 0 Å². The maximum atomic E-state index is 12.8. The molecule has 0 N–H and O–H groups in total. The van der Waals surface area contributed by atoms with Gasteiger partial charge in [0.25, 0.3) is 0 Å². The van der Waals surface area contributed by atoms with Crippen LogP contribution < -0.4 is 9.47 Å². The van der Waals surface area contributed by atoms with Crippen LogP contribution in [0.5, 0.6) is 11.5 Å². The Morgan fingerprint density at radius 1 is 1.23 bits per heavy atom. The van der Waals surface area contributed by atoms with Crippen LogP contribution in [0.25, 0.3) is 6.08 Å². The van der Waals surface area contributed by atoms with Crippen LogP contribution in [-0.2, 0) is 4.79 Å². The Balaban J connectivity index is 1.77. The van der Waals surface area contributed by atoms with Gasteiger partial charge in [0.1, 0.15) is 11.5 Å². The fourth-order valence-electron chi connectivity index (χ4n) is 3.58. The number of hydrogen-bond acceptors (Lipinski definition) is 5. The van der Waals surface area contributed by atoms with E-state index in [1.165, 1.54) is 0 Å². The summed E-state index contributed by atoms with van der Waals surface area (Å²) in [5.74, 6) is 1.30. The number of rotatable bonds is 3. The van der Waals surface area contributed by atoms with E-state index in [1.807, 2.05) is 6.07 Å². The number of carbonyl (C=O) groups is 2. The third kappa shape index (κ3) is 2.90. The molecule has 0 unspecified atom stereocenters. The van der Waals surface area contributed by atoms with Crippen molar-refractivity contribution in [3.8, 4) is 11.5 Å².